The van der Waals surface area contributed by atoms with Gasteiger partial charge in [-0.3, -0.25) is 0 Å². The number of anilines is 1. The van der Waals surface area contributed by atoms with E-state index in [1.807, 2.05) is 12.1 Å². The summed E-state index contributed by atoms with van der Waals surface area (Å²) < 4.78 is 37.5. The maximum absolute atomic E-state index is 12.5. The van der Waals surface area contributed by atoms with Gasteiger partial charge in [-0.25, -0.2) is 9.99 Å². The van der Waals surface area contributed by atoms with Crippen molar-refractivity contribution in [2.75, 3.05) is 38.7 Å². The Bertz CT molecular complexity index is 400. The number of nitrogens with one attached hydrogen (secondary N) is 1. The van der Waals surface area contributed by atoms with Crippen molar-refractivity contribution >= 4 is 5.82 Å². The standard InChI is InChI=1S/C11H15F3N4/c1-17-5-7-18(8-6-17)16-10-4-2-3-9(15-10)11(12,13)14/h2-4H,5-8H2,1H3,(H,15,16). The molecule has 100 valence electrons. The van der Waals surface area contributed by atoms with Crippen molar-refractivity contribution in [3.63, 3.8) is 0 Å². The molecule has 1 aliphatic rings. The van der Waals surface area contributed by atoms with Crippen molar-refractivity contribution < 1.29 is 13.2 Å². The number of hydrogen-bond acceptors (Lipinski definition) is 4. The second-order valence-electron chi connectivity index (χ2n) is 4.31. The average Bonchev–Trinajstić information content (AvgIpc) is 2.31. The van der Waals surface area contributed by atoms with E-state index in [1.165, 1.54) is 12.1 Å². The number of aromatic nitrogens is 1. The average molecular weight is 260 g/mol. The van der Waals surface area contributed by atoms with E-state index < -0.39 is 11.9 Å². The third kappa shape index (κ3) is 3.33. The maximum Gasteiger partial charge on any atom is 0.433 e. The van der Waals surface area contributed by atoms with Crippen LogP contribution in [0.3, 0.4) is 0 Å². The molecule has 1 fully saturated rings. The number of alkyl halides is 3. The lowest BCUT2D eigenvalue weighted by atomic mass is 10.3. The van der Waals surface area contributed by atoms with E-state index >= 15 is 0 Å². The Morgan fingerprint density at radius 1 is 1.17 bits per heavy atom. The van der Waals surface area contributed by atoms with E-state index in [4.69, 9.17) is 0 Å². The lowest BCUT2D eigenvalue weighted by Gasteiger charge is -2.32. The van der Waals surface area contributed by atoms with Crippen LogP contribution in [0.15, 0.2) is 18.2 Å². The van der Waals surface area contributed by atoms with Crippen molar-refractivity contribution in [2.45, 2.75) is 6.18 Å². The van der Waals surface area contributed by atoms with Crippen LogP contribution in [0, 0.1) is 0 Å². The molecule has 1 aromatic heterocycles. The first-order valence-electron chi connectivity index (χ1n) is 5.69. The number of pyridine rings is 1. The van der Waals surface area contributed by atoms with Crippen LogP contribution in [0.2, 0.25) is 0 Å². The number of nitrogens with zero attached hydrogens (tertiary/aromatic N) is 3. The first-order valence-corrected chi connectivity index (χ1v) is 5.69. The molecule has 1 N–H and O–H groups in total. The van der Waals surface area contributed by atoms with Crippen LogP contribution in [-0.4, -0.2) is 48.1 Å². The van der Waals surface area contributed by atoms with Crippen LogP contribution in [0.1, 0.15) is 5.69 Å². The highest BCUT2D eigenvalue weighted by Crippen LogP contribution is 2.28. The Kier molecular flexibility index (Phi) is 3.72. The molecule has 4 nitrogen and oxygen atoms in total. The molecule has 0 spiro atoms. The van der Waals surface area contributed by atoms with Crippen LogP contribution < -0.4 is 5.43 Å². The molecule has 0 amide bonds. The van der Waals surface area contributed by atoms with Gasteiger partial charge in [0.1, 0.15) is 11.5 Å². The zero-order valence-corrected chi connectivity index (χ0v) is 10.0. The predicted octanol–water partition coefficient (Wildman–Crippen LogP) is 1.67. The molecule has 2 heterocycles. The first kappa shape index (κ1) is 13.1. The Morgan fingerprint density at radius 2 is 1.83 bits per heavy atom. The van der Waals surface area contributed by atoms with Crippen LogP contribution in [-0.2, 0) is 6.18 Å². The molecule has 0 aromatic carbocycles. The topological polar surface area (TPSA) is 31.4 Å². The van der Waals surface area contributed by atoms with Crippen molar-refractivity contribution in [3.05, 3.63) is 23.9 Å². The molecule has 2 rings (SSSR count). The second kappa shape index (κ2) is 5.11. The first-order chi connectivity index (χ1) is 8.45. The number of piperazine rings is 1. The minimum absolute atomic E-state index is 0.231. The fourth-order valence-electron chi connectivity index (χ4n) is 1.74. The maximum atomic E-state index is 12.5. The molecular weight excluding hydrogens is 245 g/mol. The summed E-state index contributed by atoms with van der Waals surface area (Å²) in [7, 11) is 2.01. The van der Waals surface area contributed by atoms with Gasteiger partial charge in [0.25, 0.3) is 0 Å². The minimum Gasteiger partial charge on any atom is -0.304 e. The van der Waals surface area contributed by atoms with Crippen LogP contribution in [0.4, 0.5) is 19.0 Å². The van der Waals surface area contributed by atoms with Gasteiger partial charge in [0.05, 0.1) is 0 Å². The molecule has 0 bridgehead atoms. The molecule has 0 unspecified atom stereocenters. The summed E-state index contributed by atoms with van der Waals surface area (Å²) in [5.74, 6) is 0.231. The van der Waals surface area contributed by atoms with Gasteiger partial charge in [0.15, 0.2) is 0 Å². The molecule has 1 saturated heterocycles. The van der Waals surface area contributed by atoms with Crippen molar-refractivity contribution in [3.8, 4) is 0 Å². The van der Waals surface area contributed by atoms with Crippen molar-refractivity contribution in [1.82, 2.24) is 14.9 Å². The number of hydrazine groups is 1. The van der Waals surface area contributed by atoms with Crippen molar-refractivity contribution in [1.29, 1.82) is 0 Å². The van der Waals surface area contributed by atoms with E-state index in [9.17, 15) is 13.2 Å². The van der Waals surface area contributed by atoms with Gasteiger partial charge in [0, 0.05) is 26.2 Å². The summed E-state index contributed by atoms with van der Waals surface area (Å²) in [6.07, 6.45) is -4.40. The molecule has 1 aliphatic heterocycles. The second-order valence-corrected chi connectivity index (χ2v) is 4.31. The van der Waals surface area contributed by atoms with Gasteiger partial charge in [-0.1, -0.05) is 6.07 Å². The van der Waals surface area contributed by atoms with Crippen LogP contribution in [0.5, 0.6) is 0 Å². The van der Waals surface area contributed by atoms with Crippen molar-refractivity contribution in [2.24, 2.45) is 0 Å². The van der Waals surface area contributed by atoms with E-state index in [0.29, 0.717) is 0 Å². The zero-order chi connectivity index (χ0) is 13.2. The number of likely N-dealkylation sites (N-methyl/N-ethyl adjacent to an activating group) is 1. The molecule has 0 aliphatic carbocycles. The third-order valence-corrected chi connectivity index (χ3v) is 2.82. The zero-order valence-electron chi connectivity index (χ0n) is 10.0. The number of rotatable bonds is 2. The van der Waals surface area contributed by atoms with Gasteiger partial charge in [-0.15, -0.1) is 0 Å². The molecule has 0 saturated carbocycles. The summed E-state index contributed by atoms with van der Waals surface area (Å²) in [6.45, 7) is 3.28. The highest BCUT2D eigenvalue weighted by Gasteiger charge is 2.32. The number of halogens is 3. The smallest absolute Gasteiger partial charge is 0.304 e. The van der Waals surface area contributed by atoms with Gasteiger partial charge >= 0.3 is 6.18 Å². The largest absolute Gasteiger partial charge is 0.433 e. The van der Waals surface area contributed by atoms with Gasteiger partial charge in [-0.05, 0) is 19.2 Å². The SMILES string of the molecule is CN1CCN(Nc2cccc(C(F)(F)F)n2)CC1. The van der Waals surface area contributed by atoms with Crippen LogP contribution in [0.25, 0.3) is 0 Å². The summed E-state index contributed by atoms with van der Waals surface area (Å²) in [6, 6.07) is 3.86. The monoisotopic (exact) mass is 260 g/mol. The Morgan fingerprint density at radius 3 is 2.44 bits per heavy atom. The summed E-state index contributed by atoms with van der Waals surface area (Å²) in [5, 5.41) is 1.88. The van der Waals surface area contributed by atoms with Crippen LogP contribution >= 0.6 is 0 Å². The molecule has 7 heteroatoms. The Labute approximate surface area is 103 Å². The third-order valence-electron chi connectivity index (χ3n) is 2.82. The van der Waals surface area contributed by atoms with Gasteiger partial charge in [-0.2, -0.15) is 13.2 Å². The summed E-state index contributed by atoms with van der Waals surface area (Å²) >= 11 is 0. The van der Waals surface area contributed by atoms with E-state index in [2.05, 4.69) is 15.3 Å². The lowest BCUT2D eigenvalue weighted by Crippen LogP contribution is -2.47. The fourth-order valence-corrected chi connectivity index (χ4v) is 1.74. The highest BCUT2D eigenvalue weighted by molar-refractivity contribution is 5.34. The van der Waals surface area contributed by atoms with Gasteiger partial charge < -0.3 is 10.3 Å². The number of hydrogen-bond donors (Lipinski definition) is 1. The molecule has 0 radical (unpaired) electrons. The quantitative estimate of drug-likeness (QED) is 0.876. The van der Waals surface area contributed by atoms with Gasteiger partial charge in [0.2, 0.25) is 0 Å². The highest BCUT2D eigenvalue weighted by atomic mass is 19.4. The minimum atomic E-state index is -4.40. The molecular formula is C11H15F3N4. The summed E-state index contributed by atoms with van der Waals surface area (Å²) in [4.78, 5) is 5.73. The molecule has 1 aromatic rings. The molecule has 0 atom stereocenters. The Balaban J connectivity index is 2.01. The molecule has 18 heavy (non-hydrogen) atoms. The Hall–Kier alpha value is -1.34. The van der Waals surface area contributed by atoms with E-state index in [-0.39, 0.29) is 5.82 Å². The van der Waals surface area contributed by atoms with E-state index in [0.717, 1.165) is 32.2 Å². The predicted molar refractivity (Wildman–Crippen MR) is 61.9 cm³/mol. The normalized spacial score (nSPS) is 18.9. The fraction of sp³-hybridized carbons (Fsp3) is 0.545. The lowest BCUT2D eigenvalue weighted by molar-refractivity contribution is -0.141. The van der Waals surface area contributed by atoms with E-state index in [1.54, 1.807) is 0 Å². The summed E-state index contributed by atoms with van der Waals surface area (Å²) in [5.41, 5.74) is 2.04.